The van der Waals surface area contributed by atoms with E-state index in [1.54, 1.807) is 13.2 Å². The van der Waals surface area contributed by atoms with Gasteiger partial charge in [0.2, 0.25) is 0 Å². The van der Waals surface area contributed by atoms with Crippen LogP contribution in [0, 0.1) is 5.41 Å². The first-order valence-corrected chi connectivity index (χ1v) is 5.37. The predicted octanol–water partition coefficient (Wildman–Crippen LogP) is 2.77. The summed E-state index contributed by atoms with van der Waals surface area (Å²) in [6.07, 6.45) is 7.23. The van der Waals surface area contributed by atoms with Crippen molar-refractivity contribution in [2.24, 2.45) is 5.41 Å². The Labute approximate surface area is 88.0 Å². The Hall–Kier alpha value is -0.340. The van der Waals surface area contributed by atoms with Crippen molar-refractivity contribution in [1.29, 1.82) is 0 Å². The first kappa shape index (κ1) is 13.7. The van der Waals surface area contributed by atoms with Crippen LogP contribution in [0.25, 0.3) is 0 Å². The van der Waals surface area contributed by atoms with Crippen LogP contribution in [0.3, 0.4) is 0 Å². The van der Waals surface area contributed by atoms with Gasteiger partial charge in [0.25, 0.3) is 0 Å². The molecule has 0 aromatic carbocycles. The fourth-order valence-electron chi connectivity index (χ4n) is 1.83. The quantitative estimate of drug-likeness (QED) is 0.640. The lowest BCUT2D eigenvalue weighted by Gasteiger charge is -2.32. The van der Waals surface area contributed by atoms with E-state index in [1.807, 2.05) is 6.08 Å². The van der Waals surface area contributed by atoms with Gasteiger partial charge in [-0.1, -0.05) is 39.3 Å². The second kappa shape index (κ2) is 7.02. The molecule has 1 N–H and O–H groups in total. The molecule has 0 heterocycles. The van der Waals surface area contributed by atoms with Gasteiger partial charge in [-0.2, -0.15) is 0 Å². The van der Waals surface area contributed by atoms with Crippen LogP contribution < -0.4 is 0 Å². The maximum atomic E-state index is 8.63. The summed E-state index contributed by atoms with van der Waals surface area (Å²) < 4.78 is 5.48. The standard InChI is InChI=1S/C12H24O2/c1-5-9-12(2,3)11(14-4)8-6-7-10-13/h6-7,11,13H,5,8-10H2,1-4H3/b7-6+. The van der Waals surface area contributed by atoms with Gasteiger partial charge < -0.3 is 9.84 Å². The molecule has 0 aliphatic carbocycles. The normalized spacial score (nSPS) is 14.9. The van der Waals surface area contributed by atoms with Crippen LogP contribution in [0.5, 0.6) is 0 Å². The van der Waals surface area contributed by atoms with Gasteiger partial charge in [0.1, 0.15) is 0 Å². The van der Waals surface area contributed by atoms with Crippen LogP contribution >= 0.6 is 0 Å². The van der Waals surface area contributed by atoms with Gasteiger partial charge in [-0.15, -0.1) is 0 Å². The van der Waals surface area contributed by atoms with Crippen LogP contribution in [-0.4, -0.2) is 24.9 Å². The zero-order chi connectivity index (χ0) is 11.0. The molecule has 0 rings (SSSR count). The van der Waals surface area contributed by atoms with E-state index in [-0.39, 0.29) is 18.1 Å². The Bertz CT molecular complexity index is 162. The second-order valence-corrected chi connectivity index (χ2v) is 4.35. The molecule has 0 spiro atoms. The van der Waals surface area contributed by atoms with Crippen LogP contribution in [-0.2, 0) is 4.74 Å². The van der Waals surface area contributed by atoms with Gasteiger partial charge in [-0.25, -0.2) is 0 Å². The Morgan fingerprint density at radius 3 is 2.43 bits per heavy atom. The summed E-state index contributed by atoms with van der Waals surface area (Å²) in [5.41, 5.74) is 0.212. The molecular formula is C12H24O2. The largest absolute Gasteiger partial charge is 0.392 e. The number of rotatable bonds is 7. The van der Waals surface area contributed by atoms with Gasteiger partial charge in [0.05, 0.1) is 12.7 Å². The summed E-state index contributed by atoms with van der Waals surface area (Å²) in [6.45, 7) is 6.78. The molecule has 2 nitrogen and oxygen atoms in total. The summed E-state index contributed by atoms with van der Waals surface area (Å²) in [5, 5.41) is 8.63. The first-order valence-electron chi connectivity index (χ1n) is 5.37. The van der Waals surface area contributed by atoms with Crippen molar-refractivity contribution in [2.75, 3.05) is 13.7 Å². The minimum Gasteiger partial charge on any atom is -0.392 e. The fraction of sp³-hybridized carbons (Fsp3) is 0.833. The molecule has 84 valence electrons. The molecule has 1 unspecified atom stereocenters. The lowest BCUT2D eigenvalue weighted by atomic mass is 9.80. The van der Waals surface area contributed by atoms with Crippen LogP contribution in [0.4, 0.5) is 0 Å². The highest BCUT2D eigenvalue weighted by atomic mass is 16.5. The molecule has 0 saturated heterocycles. The Morgan fingerprint density at radius 1 is 1.36 bits per heavy atom. The Morgan fingerprint density at radius 2 is 2.00 bits per heavy atom. The number of hydrogen-bond acceptors (Lipinski definition) is 2. The highest BCUT2D eigenvalue weighted by molar-refractivity contribution is 4.89. The number of hydrogen-bond donors (Lipinski definition) is 1. The topological polar surface area (TPSA) is 29.5 Å². The molecule has 2 heteroatoms. The van der Waals surface area contributed by atoms with Crippen molar-refractivity contribution < 1.29 is 9.84 Å². The molecule has 0 aliphatic rings. The van der Waals surface area contributed by atoms with Crippen molar-refractivity contribution in [2.45, 2.75) is 46.1 Å². The van der Waals surface area contributed by atoms with Crippen LogP contribution in [0.15, 0.2) is 12.2 Å². The van der Waals surface area contributed by atoms with Crippen LogP contribution in [0.2, 0.25) is 0 Å². The smallest absolute Gasteiger partial charge is 0.0656 e. The lowest BCUT2D eigenvalue weighted by molar-refractivity contribution is 0.00420. The van der Waals surface area contributed by atoms with Crippen molar-refractivity contribution in [3.8, 4) is 0 Å². The highest BCUT2D eigenvalue weighted by Crippen LogP contribution is 2.30. The molecule has 0 fully saturated rings. The highest BCUT2D eigenvalue weighted by Gasteiger charge is 2.27. The van der Waals surface area contributed by atoms with Gasteiger partial charge in [0.15, 0.2) is 0 Å². The summed E-state index contributed by atoms with van der Waals surface area (Å²) >= 11 is 0. The molecule has 0 aromatic heterocycles. The third-order valence-corrected chi connectivity index (χ3v) is 2.67. The molecule has 0 aromatic rings. The molecule has 0 amide bonds. The van der Waals surface area contributed by atoms with Crippen molar-refractivity contribution >= 4 is 0 Å². The van der Waals surface area contributed by atoms with E-state index in [0.29, 0.717) is 0 Å². The molecule has 14 heavy (non-hydrogen) atoms. The molecular weight excluding hydrogens is 176 g/mol. The number of methoxy groups -OCH3 is 1. The number of ether oxygens (including phenoxy) is 1. The maximum Gasteiger partial charge on any atom is 0.0656 e. The number of aliphatic hydroxyl groups is 1. The van der Waals surface area contributed by atoms with Gasteiger partial charge >= 0.3 is 0 Å². The molecule has 0 aliphatic heterocycles. The first-order chi connectivity index (χ1) is 6.58. The van der Waals surface area contributed by atoms with Gasteiger partial charge in [-0.05, 0) is 18.3 Å². The van der Waals surface area contributed by atoms with Crippen molar-refractivity contribution in [3.63, 3.8) is 0 Å². The lowest BCUT2D eigenvalue weighted by Crippen LogP contribution is -2.30. The Kier molecular flexibility index (Phi) is 6.85. The molecule has 0 bridgehead atoms. The second-order valence-electron chi connectivity index (χ2n) is 4.35. The van der Waals surface area contributed by atoms with E-state index in [1.165, 1.54) is 12.8 Å². The average Bonchev–Trinajstić information content (AvgIpc) is 2.12. The predicted molar refractivity (Wildman–Crippen MR) is 60.3 cm³/mol. The summed E-state index contributed by atoms with van der Waals surface area (Å²) in [6, 6.07) is 0. The summed E-state index contributed by atoms with van der Waals surface area (Å²) in [4.78, 5) is 0. The van der Waals surface area contributed by atoms with E-state index in [9.17, 15) is 0 Å². The monoisotopic (exact) mass is 200 g/mol. The third kappa shape index (κ3) is 4.77. The molecule has 0 saturated carbocycles. The third-order valence-electron chi connectivity index (χ3n) is 2.67. The zero-order valence-corrected chi connectivity index (χ0v) is 9.92. The van der Waals surface area contributed by atoms with E-state index in [2.05, 4.69) is 20.8 Å². The Balaban J connectivity index is 4.16. The van der Waals surface area contributed by atoms with Crippen LogP contribution in [0.1, 0.15) is 40.0 Å². The van der Waals surface area contributed by atoms with Gasteiger partial charge in [-0.3, -0.25) is 0 Å². The molecule has 1 atom stereocenters. The summed E-state index contributed by atoms with van der Waals surface area (Å²) in [7, 11) is 1.76. The van der Waals surface area contributed by atoms with Crippen molar-refractivity contribution in [3.05, 3.63) is 12.2 Å². The van der Waals surface area contributed by atoms with E-state index in [0.717, 1.165) is 6.42 Å². The van der Waals surface area contributed by atoms with E-state index >= 15 is 0 Å². The van der Waals surface area contributed by atoms with E-state index in [4.69, 9.17) is 9.84 Å². The minimum absolute atomic E-state index is 0.116. The summed E-state index contributed by atoms with van der Waals surface area (Å²) in [5.74, 6) is 0. The minimum atomic E-state index is 0.116. The fourth-order valence-corrected chi connectivity index (χ4v) is 1.83. The SMILES string of the molecule is CCCC(C)(C)C(C/C=C/CO)OC. The average molecular weight is 200 g/mol. The zero-order valence-electron chi connectivity index (χ0n) is 9.92. The van der Waals surface area contributed by atoms with Crippen molar-refractivity contribution in [1.82, 2.24) is 0 Å². The van der Waals surface area contributed by atoms with Gasteiger partial charge in [0, 0.05) is 7.11 Å². The van der Waals surface area contributed by atoms with E-state index < -0.39 is 0 Å². The molecule has 0 radical (unpaired) electrons. The maximum absolute atomic E-state index is 8.63. The number of aliphatic hydroxyl groups excluding tert-OH is 1.